The Kier molecular flexibility index (Phi) is 4.37. The molecule has 18 heavy (non-hydrogen) atoms. The molecule has 0 heterocycles. The van der Waals surface area contributed by atoms with Crippen molar-refractivity contribution >= 4 is 0 Å². The van der Waals surface area contributed by atoms with Gasteiger partial charge in [-0.1, -0.05) is 29.8 Å². The Bertz CT molecular complexity index is 491. The molecule has 0 bridgehead atoms. The van der Waals surface area contributed by atoms with Crippen molar-refractivity contribution in [1.29, 1.82) is 0 Å². The minimum absolute atomic E-state index is 0.725. The first kappa shape index (κ1) is 12.7. The van der Waals surface area contributed by atoms with Gasteiger partial charge in [-0.25, -0.2) is 0 Å². The smallest absolute Gasteiger partial charge is 0.127 e. The molecule has 0 spiro atoms. The summed E-state index contributed by atoms with van der Waals surface area (Å²) < 4.78 is 5.82. The average Bonchev–Trinajstić information content (AvgIpc) is 2.40. The molecule has 2 rings (SSSR count). The Labute approximate surface area is 108 Å². The number of aryl methyl sites for hydroxylation is 2. The number of hydrogen-bond acceptors (Lipinski definition) is 2. The second-order valence-corrected chi connectivity index (χ2v) is 4.45. The van der Waals surface area contributed by atoms with Crippen LogP contribution >= 0.6 is 0 Å². The molecule has 0 aliphatic carbocycles. The summed E-state index contributed by atoms with van der Waals surface area (Å²) in [6.07, 6.45) is 2.01. The van der Waals surface area contributed by atoms with Gasteiger partial charge in [-0.3, -0.25) is 0 Å². The molecule has 2 heteroatoms. The van der Waals surface area contributed by atoms with Gasteiger partial charge in [-0.15, -0.1) is 0 Å². The molecule has 2 N–H and O–H groups in total. The molecule has 0 saturated heterocycles. The molecule has 0 fully saturated rings. The van der Waals surface area contributed by atoms with Crippen molar-refractivity contribution in [3.63, 3.8) is 0 Å². The molecule has 0 saturated carbocycles. The van der Waals surface area contributed by atoms with Crippen LogP contribution in [0.25, 0.3) is 0 Å². The van der Waals surface area contributed by atoms with Crippen molar-refractivity contribution in [3.05, 3.63) is 59.7 Å². The van der Waals surface area contributed by atoms with Gasteiger partial charge in [-0.05, 0) is 56.1 Å². The second kappa shape index (κ2) is 6.22. The fourth-order valence-electron chi connectivity index (χ4n) is 1.81. The number of nitrogens with two attached hydrogens (primary N) is 1. The number of rotatable bonds is 5. The summed E-state index contributed by atoms with van der Waals surface area (Å²) in [5.41, 5.74) is 8.02. The van der Waals surface area contributed by atoms with E-state index in [1.54, 1.807) is 0 Å². The Morgan fingerprint density at radius 2 is 1.78 bits per heavy atom. The van der Waals surface area contributed by atoms with Crippen LogP contribution in [-0.4, -0.2) is 6.54 Å². The fourth-order valence-corrected chi connectivity index (χ4v) is 1.81. The Morgan fingerprint density at radius 3 is 2.50 bits per heavy atom. The molecule has 0 aromatic heterocycles. The van der Waals surface area contributed by atoms with Gasteiger partial charge in [0.15, 0.2) is 0 Å². The highest BCUT2D eigenvalue weighted by Gasteiger charge is 1.99. The zero-order chi connectivity index (χ0) is 12.8. The Morgan fingerprint density at radius 1 is 1.00 bits per heavy atom. The van der Waals surface area contributed by atoms with Gasteiger partial charge >= 0.3 is 0 Å². The maximum Gasteiger partial charge on any atom is 0.127 e. The summed E-state index contributed by atoms with van der Waals surface area (Å²) in [6, 6.07) is 16.3. The standard InChI is InChI=1S/C16H19NO/c1-13-7-9-15(10-8-13)18-16-6-2-4-14(12-16)5-3-11-17/h2,4,6-10,12H,3,5,11,17H2,1H3. The van der Waals surface area contributed by atoms with E-state index in [4.69, 9.17) is 10.5 Å². The molecule has 2 aromatic rings. The van der Waals surface area contributed by atoms with Gasteiger partial charge in [0.2, 0.25) is 0 Å². The van der Waals surface area contributed by atoms with Gasteiger partial charge < -0.3 is 10.5 Å². The van der Waals surface area contributed by atoms with Gasteiger partial charge in [0, 0.05) is 0 Å². The van der Waals surface area contributed by atoms with Gasteiger partial charge in [0.05, 0.1) is 0 Å². The van der Waals surface area contributed by atoms with Crippen molar-refractivity contribution < 1.29 is 4.74 Å². The second-order valence-electron chi connectivity index (χ2n) is 4.45. The third-order valence-corrected chi connectivity index (χ3v) is 2.82. The molecular weight excluding hydrogens is 222 g/mol. The lowest BCUT2D eigenvalue weighted by Gasteiger charge is -2.07. The minimum Gasteiger partial charge on any atom is -0.457 e. The van der Waals surface area contributed by atoms with Gasteiger partial charge in [0.1, 0.15) is 11.5 Å². The molecule has 94 valence electrons. The number of ether oxygens (including phenoxy) is 1. The van der Waals surface area contributed by atoms with E-state index in [0.717, 1.165) is 30.9 Å². The van der Waals surface area contributed by atoms with E-state index in [1.807, 2.05) is 36.4 Å². The topological polar surface area (TPSA) is 35.2 Å². The molecule has 0 aliphatic rings. The van der Waals surface area contributed by atoms with Gasteiger partial charge in [-0.2, -0.15) is 0 Å². The largest absolute Gasteiger partial charge is 0.457 e. The highest BCUT2D eigenvalue weighted by Crippen LogP contribution is 2.22. The van der Waals surface area contributed by atoms with E-state index < -0.39 is 0 Å². The SMILES string of the molecule is Cc1ccc(Oc2cccc(CCCN)c2)cc1. The van der Waals surface area contributed by atoms with Crippen LogP contribution in [0.5, 0.6) is 11.5 Å². The molecule has 2 aromatic carbocycles. The maximum atomic E-state index is 5.82. The predicted molar refractivity (Wildman–Crippen MR) is 75.1 cm³/mol. The van der Waals surface area contributed by atoms with E-state index in [9.17, 15) is 0 Å². The molecule has 0 atom stereocenters. The molecular formula is C16H19NO. The van der Waals surface area contributed by atoms with E-state index in [0.29, 0.717) is 0 Å². The molecule has 0 unspecified atom stereocenters. The first-order valence-corrected chi connectivity index (χ1v) is 6.31. The average molecular weight is 241 g/mol. The van der Waals surface area contributed by atoms with Crippen LogP contribution in [-0.2, 0) is 6.42 Å². The summed E-state index contributed by atoms with van der Waals surface area (Å²) in [5.74, 6) is 1.75. The summed E-state index contributed by atoms with van der Waals surface area (Å²) in [4.78, 5) is 0. The number of benzene rings is 2. The zero-order valence-corrected chi connectivity index (χ0v) is 10.7. The van der Waals surface area contributed by atoms with Crippen LogP contribution in [0.4, 0.5) is 0 Å². The van der Waals surface area contributed by atoms with E-state index in [1.165, 1.54) is 11.1 Å². The van der Waals surface area contributed by atoms with Crippen molar-refractivity contribution in [2.75, 3.05) is 6.54 Å². The van der Waals surface area contributed by atoms with Crippen molar-refractivity contribution in [2.45, 2.75) is 19.8 Å². The highest BCUT2D eigenvalue weighted by molar-refractivity contribution is 5.35. The lowest BCUT2D eigenvalue weighted by Crippen LogP contribution is -2.00. The third kappa shape index (κ3) is 3.60. The van der Waals surface area contributed by atoms with Crippen LogP contribution in [0.15, 0.2) is 48.5 Å². The van der Waals surface area contributed by atoms with Crippen LogP contribution in [0, 0.1) is 6.92 Å². The fraction of sp³-hybridized carbons (Fsp3) is 0.250. The van der Waals surface area contributed by atoms with Crippen LogP contribution in [0.2, 0.25) is 0 Å². The van der Waals surface area contributed by atoms with Crippen LogP contribution < -0.4 is 10.5 Å². The molecule has 2 nitrogen and oxygen atoms in total. The lowest BCUT2D eigenvalue weighted by atomic mass is 10.1. The molecule has 0 aliphatic heterocycles. The Balaban J connectivity index is 2.06. The first-order chi connectivity index (χ1) is 8.78. The summed E-state index contributed by atoms with van der Waals surface area (Å²) in [6.45, 7) is 2.79. The normalized spacial score (nSPS) is 10.3. The number of hydrogen-bond donors (Lipinski definition) is 1. The van der Waals surface area contributed by atoms with E-state index in [2.05, 4.69) is 19.1 Å². The van der Waals surface area contributed by atoms with Gasteiger partial charge in [0.25, 0.3) is 0 Å². The quantitative estimate of drug-likeness (QED) is 0.866. The first-order valence-electron chi connectivity index (χ1n) is 6.31. The van der Waals surface area contributed by atoms with Crippen molar-refractivity contribution in [2.24, 2.45) is 5.73 Å². The highest BCUT2D eigenvalue weighted by atomic mass is 16.5. The molecule has 0 radical (unpaired) electrons. The van der Waals surface area contributed by atoms with Crippen molar-refractivity contribution in [1.82, 2.24) is 0 Å². The minimum atomic E-state index is 0.725. The van der Waals surface area contributed by atoms with E-state index in [-0.39, 0.29) is 0 Å². The zero-order valence-electron chi connectivity index (χ0n) is 10.7. The predicted octanol–water partition coefficient (Wildman–Crippen LogP) is 3.68. The van der Waals surface area contributed by atoms with Crippen molar-refractivity contribution in [3.8, 4) is 11.5 Å². The molecule has 0 amide bonds. The summed E-state index contributed by atoms with van der Waals surface area (Å²) >= 11 is 0. The van der Waals surface area contributed by atoms with Crippen LogP contribution in [0.3, 0.4) is 0 Å². The maximum absolute atomic E-state index is 5.82. The third-order valence-electron chi connectivity index (χ3n) is 2.82. The lowest BCUT2D eigenvalue weighted by molar-refractivity contribution is 0.481. The monoisotopic (exact) mass is 241 g/mol. The van der Waals surface area contributed by atoms with Crippen LogP contribution in [0.1, 0.15) is 17.5 Å². The summed E-state index contributed by atoms with van der Waals surface area (Å²) in [5, 5.41) is 0. The summed E-state index contributed by atoms with van der Waals surface area (Å²) in [7, 11) is 0. The Hall–Kier alpha value is -1.80. The van der Waals surface area contributed by atoms with E-state index >= 15 is 0 Å².